The molecule has 2 amide bonds. The second-order valence-electron chi connectivity index (χ2n) is 7.89. The minimum atomic E-state index is -0.627. The van der Waals surface area contributed by atoms with Crippen LogP contribution in [0.1, 0.15) is 48.5 Å². The van der Waals surface area contributed by atoms with E-state index in [1.54, 1.807) is 12.1 Å². The molecule has 2 aromatic rings. The van der Waals surface area contributed by atoms with Gasteiger partial charge in [-0.2, -0.15) is 0 Å². The van der Waals surface area contributed by atoms with E-state index in [-0.39, 0.29) is 23.5 Å². The maximum Gasteiger partial charge on any atom is 0.251 e. The van der Waals surface area contributed by atoms with E-state index in [2.05, 4.69) is 5.32 Å². The number of piperidine rings is 1. The third-order valence-electron chi connectivity index (χ3n) is 5.50. The quantitative estimate of drug-likeness (QED) is 0.807. The summed E-state index contributed by atoms with van der Waals surface area (Å²) in [6.07, 6.45) is 1.68. The standard InChI is InChI=1S/C23H27FN2O3/c1-15(2)21(25-22(28)18-3-7-19(24)8-4-18)23(29)26-13-11-17(12-14-26)16-5-9-20(27)10-6-16/h3-10,15,17,21,27H,11-14H2,1-2H3,(H,25,28). The van der Waals surface area contributed by atoms with Gasteiger partial charge < -0.3 is 15.3 Å². The van der Waals surface area contributed by atoms with E-state index in [9.17, 15) is 19.1 Å². The molecular weight excluding hydrogens is 371 g/mol. The highest BCUT2D eigenvalue weighted by Gasteiger charge is 2.31. The van der Waals surface area contributed by atoms with Crippen LogP contribution in [0.3, 0.4) is 0 Å². The summed E-state index contributed by atoms with van der Waals surface area (Å²) >= 11 is 0. The van der Waals surface area contributed by atoms with Crippen LogP contribution in [0.2, 0.25) is 0 Å². The highest BCUT2D eigenvalue weighted by molar-refractivity contribution is 5.97. The van der Waals surface area contributed by atoms with Crippen molar-refractivity contribution in [3.8, 4) is 5.75 Å². The monoisotopic (exact) mass is 398 g/mol. The van der Waals surface area contributed by atoms with Crippen LogP contribution < -0.4 is 5.32 Å². The molecule has 0 aromatic heterocycles. The van der Waals surface area contributed by atoms with E-state index in [1.807, 2.05) is 30.9 Å². The molecule has 1 saturated heterocycles. The van der Waals surface area contributed by atoms with Crippen molar-refractivity contribution in [1.82, 2.24) is 10.2 Å². The molecule has 3 rings (SSSR count). The summed E-state index contributed by atoms with van der Waals surface area (Å²) in [6.45, 7) is 5.05. The highest BCUT2D eigenvalue weighted by Crippen LogP contribution is 2.29. The van der Waals surface area contributed by atoms with Crippen molar-refractivity contribution in [2.75, 3.05) is 13.1 Å². The molecule has 29 heavy (non-hydrogen) atoms. The maximum atomic E-state index is 13.1. The van der Waals surface area contributed by atoms with Crippen molar-refractivity contribution in [3.05, 3.63) is 65.5 Å². The minimum Gasteiger partial charge on any atom is -0.508 e. The molecule has 1 atom stereocenters. The van der Waals surface area contributed by atoms with Gasteiger partial charge in [-0.3, -0.25) is 9.59 Å². The number of phenols is 1. The average molecular weight is 398 g/mol. The second-order valence-corrected chi connectivity index (χ2v) is 7.89. The van der Waals surface area contributed by atoms with Gasteiger partial charge in [0.25, 0.3) is 5.91 Å². The smallest absolute Gasteiger partial charge is 0.251 e. The van der Waals surface area contributed by atoms with E-state index in [4.69, 9.17) is 0 Å². The lowest BCUT2D eigenvalue weighted by molar-refractivity contribution is -0.135. The average Bonchev–Trinajstić information content (AvgIpc) is 2.72. The molecule has 1 fully saturated rings. The van der Waals surface area contributed by atoms with Gasteiger partial charge in [-0.25, -0.2) is 4.39 Å². The fourth-order valence-electron chi connectivity index (χ4n) is 3.72. The van der Waals surface area contributed by atoms with Crippen LogP contribution in [-0.2, 0) is 4.79 Å². The van der Waals surface area contributed by atoms with Crippen molar-refractivity contribution >= 4 is 11.8 Å². The molecule has 0 bridgehead atoms. The third-order valence-corrected chi connectivity index (χ3v) is 5.50. The summed E-state index contributed by atoms with van der Waals surface area (Å²) in [7, 11) is 0. The topological polar surface area (TPSA) is 69.6 Å². The lowest BCUT2D eigenvalue weighted by Gasteiger charge is -2.35. The van der Waals surface area contributed by atoms with Gasteiger partial charge in [0.05, 0.1) is 0 Å². The van der Waals surface area contributed by atoms with Crippen molar-refractivity contribution in [2.45, 2.75) is 38.6 Å². The number of hydrogen-bond donors (Lipinski definition) is 2. The number of carbonyl (C=O) groups is 2. The van der Waals surface area contributed by atoms with Gasteiger partial charge in [0, 0.05) is 18.7 Å². The molecule has 0 aliphatic carbocycles. The highest BCUT2D eigenvalue weighted by atomic mass is 19.1. The van der Waals surface area contributed by atoms with Gasteiger partial charge in [0.15, 0.2) is 0 Å². The molecule has 0 radical (unpaired) electrons. The van der Waals surface area contributed by atoms with Crippen LogP contribution in [0.25, 0.3) is 0 Å². The number of rotatable bonds is 5. The zero-order valence-electron chi connectivity index (χ0n) is 16.8. The summed E-state index contributed by atoms with van der Waals surface area (Å²) in [6, 6.07) is 11.9. The van der Waals surface area contributed by atoms with Gasteiger partial charge in [-0.15, -0.1) is 0 Å². The van der Waals surface area contributed by atoms with Gasteiger partial charge in [0.1, 0.15) is 17.6 Å². The summed E-state index contributed by atoms with van der Waals surface area (Å²) in [5, 5.41) is 12.3. The molecule has 0 spiro atoms. The Morgan fingerprint density at radius 2 is 1.62 bits per heavy atom. The molecule has 1 aliphatic heterocycles. The van der Waals surface area contributed by atoms with Gasteiger partial charge in [-0.05, 0) is 66.6 Å². The summed E-state index contributed by atoms with van der Waals surface area (Å²) in [5.41, 5.74) is 1.50. The fraction of sp³-hybridized carbons (Fsp3) is 0.391. The van der Waals surface area contributed by atoms with Crippen LogP contribution in [0.5, 0.6) is 5.75 Å². The number of aromatic hydroxyl groups is 1. The molecule has 2 aromatic carbocycles. The first-order chi connectivity index (χ1) is 13.8. The Balaban J connectivity index is 1.61. The second kappa shape index (κ2) is 9.07. The summed E-state index contributed by atoms with van der Waals surface area (Å²) in [5.74, 6) is -0.337. The largest absolute Gasteiger partial charge is 0.508 e. The molecule has 6 heteroatoms. The van der Waals surface area contributed by atoms with Crippen LogP contribution in [0.4, 0.5) is 4.39 Å². The van der Waals surface area contributed by atoms with E-state index >= 15 is 0 Å². The zero-order chi connectivity index (χ0) is 21.0. The number of halogens is 1. The number of amides is 2. The molecule has 5 nitrogen and oxygen atoms in total. The van der Waals surface area contributed by atoms with Crippen molar-refractivity contribution in [2.24, 2.45) is 5.92 Å². The van der Waals surface area contributed by atoms with Gasteiger partial charge in [0.2, 0.25) is 5.91 Å². The van der Waals surface area contributed by atoms with E-state index in [0.29, 0.717) is 24.6 Å². The number of phenolic OH excluding ortho intramolecular Hbond substituents is 1. The minimum absolute atomic E-state index is 0.0679. The Morgan fingerprint density at radius 1 is 1.03 bits per heavy atom. The van der Waals surface area contributed by atoms with Crippen LogP contribution >= 0.6 is 0 Å². The lowest BCUT2D eigenvalue weighted by Crippen LogP contribution is -2.52. The van der Waals surface area contributed by atoms with Gasteiger partial charge >= 0.3 is 0 Å². The van der Waals surface area contributed by atoms with Crippen LogP contribution in [-0.4, -0.2) is 41.0 Å². The molecule has 1 heterocycles. The molecule has 2 N–H and O–H groups in total. The number of likely N-dealkylation sites (tertiary alicyclic amines) is 1. The van der Waals surface area contributed by atoms with Crippen molar-refractivity contribution in [3.63, 3.8) is 0 Å². The van der Waals surface area contributed by atoms with E-state index in [1.165, 1.54) is 29.8 Å². The number of benzene rings is 2. The summed E-state index contributed by atoms with van der Waals surface area (Å²) < 4.78 is 13.1. The number of hydrogen-bond acceptors (Lipinski definition) is 3. The third kappa shape index (κ3) is 5.13. The maximum absolute atomic E-state index is 13.1. The number of nitrogens with one attached hydrogen (secondary N) is 1. The Kier molecular flexibility index (Phi) is 6.52. The first-order valence-electron chi connectivity index (χ1n) is 9.99. The first kappa shape index (κ1) is 20.8. The van der Waals surface area contributed by atoms with E-state index in [0.717, 1.165) is 12.8 Å². The SMILES string of the molecule is CC(C)C(NC(=O)c1ccc(F)cc1)C(=O)N1CCC(c2ccc(O)cc2)CC1. The van der Waals surface area contributed by atoms with Crippen LogP contribution in [0, 0.1) is 11.7 Å². The first-order valence-corrected chi connectivity index (χ1v) is 9.99. The van der Waals surface area contributed by atoms with Crippen LogP contribution in [0.15, 0.2) is 48.5 Å². The predicted molar refractivity (Wildman–Crippen MR) is 109 cm³/mol. The Labute approximate surface area is 170 Å². The van der Waals surface area contributed by atoms with Gasteiger partial charge in [-0.1, -0.05) is 26.0 Å². The molecular formula is C23H27FN2O3. The molecule has 1 aliphatic rings. The van der Waals surface area contributed by atoms with E-state index < -0.39 is 11.9 Å². The number of nitrogens with zero attached hydrogens (tertiary/aromatic N) is 1. The fourth-order valence-corrected chi connectivity index (χ4v) is 3.72. The zero-order valence-corrected chi connectivity index (χ0v) is 16.8. The molecule has 1 unspecified atom stereocenters. The Hall–Kier alpha value is -2.89. The molecule has 154 valence electrons. The van der Waals surface area contributed by atoms with Crippen molar-refractivity contribution in [1.29, 1.82) is 0 Å². The lowest BCUT2D eigenvalue weighted by atomic mass is 9.89. The summed E-state index contributed by atoms with van der Waals surface area (Å²) in [4.78, 5) is 27.4. The predicted octanol–water partition coefficient (Wildman–Crippen LogP) is 3.69. The Bertz CT molecular complexity index is 841. The normalized spacial score (nSPS) is 15.9. The molecule has 0 saturated carbocycles. The van der Waals surface area contributed by atoms with Crippen molar-refractivity contribution < 1.29 is 19.1 Å². The number of carbonyl (C=O) groups excluding carboxylic acids is 2. The Morgan fingerprint density at radius 3 is 2.17 bits per heavy atom.